The Bertz CT molecular complexity index is 281. The molecule has 0 radical (unpaired) electrons. The maximum atomic E-state index is 11.8. The quantitative estimate of drug-likeness (QED) is 0.629. The second-order valence-electron chi connectivity index (χ2n) is 6.56. The van der Waals surface area contributed by atoms with Crippen molar-refractivity contribution in [3.8, 4) is 0 Å². The number of nitrogens with two attached hydrogens (primary N) is 1. The molecule has 1 aliphatic heterocycles. The lowest BCUT2D eigenvalue weighted by atomic mass is 9.87. The predicted octanol–water partition coefficient (Wildman–Crippen LogP) is 0.323. The number of aliphatic hydroxyl groups excluding tert-OH is 1. The van der Waals surface area contributed by atoms with Gasteiger partial charge in [-0.2, -0.15) is 0 Å². The van der Waals surface area contributed by atoms with Gasteiger partial charge in [-0.1, -0.05) is 20.8 Å². The van der Waals surface area contributed by atoms with E-state index in [-0.39, 0.29) is 17.4 Å². The fourth-order valence-corrected chi connectivity index (χ4v) is 2.16. The third-order valence-electron chi connectivity index (χ3n) is 3.72. The highest BCUT2D eigenvalue weighted by Crippen LogP contribution is 2.17. The van der Waals surface area contributed by atoms with Gasteiger partial charge in [-0.25, -0.2) is 0 Å². The third-order valence-corrected chi connectivity index (χ3v) is 3.72. The molecule has 0 unspecified atom stereocenters. The van der Waals surface area contributed by atoms with Crippen LogP contribution in [0.15, 0.2) is 0 Å². The van der Waals surface area contributed by atoms with Crippen LogP contribution in [-0.2, 0) is 4.79 Å². The molecule has 5 heteroatoms. The number of carbonyl (C=O) groups excluding carboxylic acids is 1. The SMILES string of the molecule is CC(C)(C)[C@H](N)C(=O)NCCCN1CCC(O)CC1. The van der Waals surface area contributed by atoms with Gasteiger partial charge in [-0.05, 0) is 31.2 Å². The van der Waals surface area contributed by atoms with Crippen LogP contribution in [0.2, 0.25) is 0 Å². The molecule has 19 heavy (non-hydrogen) atoms. The molecule has 1 rings (SSSR count). The molecule has 0 aromatic heterocycles. The molecule has 0 bridgehead atoms. The minimum absolute atomic E-state index is 0.0680. The Balaban J connectivity index is 2.12. The van der Waals surface area contributed by atoms with Gasteiger partial charge in [0.05, 0.1) is 12.1 Å². The topological polar surface area (TPSA) is 78.6 Å². The van der Waals surface area contributed by atoms with Crippen molar-refractivity contribution in [2.24, 2.45) is 11.1 Å². The van der Waals surface area contributed by atoms with Crippen LogP contribution >= 0.6 is 0 Å². The third kappa shape index (κ3) is 5.89. The van der Waals surface area contributed by atoms with Crippen LogP contribution in [0.5, 0.6) is 0 Å². The highest BCUT2D eigenvalue weighted by molar-refractivity contribution is 5.82. The van der Waals surface area contributed by atoms with Crippen LogP contribution in [0.25, 0.3) is 0 Å². The Morgan fingerprint density at radius 2 is 2.00 bits per heavy atom. The van der Waals surface area contributed by atoms with Gasteiger partial charge in [-0.3, -0.25) is 4.79 Å². The first-order valence-corrected chi connectivity index (χ1v) is 7.24. The summed E-state index contributed by atoms with van der Waals surface area (Å²) >= 11 is 0. The van der Waals surface area contributed by atoms with E-state index in [0.717, 1.165) is 38.9 Å². The molecular weight excluding hydrogens is 242 g/mol. The average molecular weight is 271 g/mol. The smallest absolute Gasteiger partial charge is 0.237 e. The number of nitrogens with zero attached hydrogens (tertiary/aromatic N) is 1. The molecule has 1 amide bonds. The standard InChI is InChI=1S/C14H29N3O2/c1-14(2,3)12(15)13(19)16-7-4-8-17-9-5-11(18)6-10-17/h11-12,18H,4-10,15H2,1-3H3,(H,16,19)/t12-/m1/s1. The van der Waals surface area contributed by atoms with E-state index in [9.17, 15) is 9.90 Å². The van der Waals surface area contributed by atoms with Crippen molar-refractivity contribution in [3.63, 3.8) is 0 Å². The molecule has 0 aliphatic carbocycles. The number of amides is 1. The zero-order valence-corrected chi connectivity index (χ0v) is 12.5. The summed E-state index contributed by atoms with van der Waals surface area (Å²) in [6.45, 7) is 9.45. The van der Waals surface area contributed by atoms with Crippen LogP contribution < -0.4 is 11.1 Å². The van der Waals surface area contributed by atoms with Crippen molar-refractivity contribution in [1.82, 2.24) is 10.2 Å². The average Bonchev–Trinajstić information content (AvgIpc) is 2.34. The summed E-state index contributed by atoms with van der Waals surface area (Å²) < 4.78 is 0. The highest BCUT2D eigenvalue weighted by atomic mass is 16.3. The number of aliphatic hydroxyl groups is 1. The summed E-state index contributed by atoms with van der Waals surface area (Å²) in [5.74, 6) is -0.0680. The van der Waals surface area contributed by atoms with E-state index < -0.39 is 6.04 Å². The van der Waals surface area contributed by atoms with E-state index in [1.807, 2.05) is 20.8 Å². The van der Waals surface area contributed by atoms with E-state index in [1.54, 1.807) is 0 Å². The molecule has 4 N–H and O–H groups in total. The number of rotatable bonds is 5. The summed E-state index contributed by atoms with van der Waals surface area (Å²) in [6, 6.07) is -0.461. The molecule has 0 spiro atoms. The lowest BCUT2D eigenvalue weighted by Crippen LogP contribution is -2.49. The van der Waals surface area contributed by atoms with E-state index in [4.69, 9.17) is 5.73 Å². The van der Waals surface area contributed by atoms with Gasteiger partial charge in [0, 0.05) is 19.6 Å². The zero-order valence-electron chi connectivity index (χ0n) is 12.5. The Morgan fingerprint density at radius 1 is 1.42 bits per heavy atom. The van der Waals surface area contributed by atoms with Crippen molar-refractivity contribution in [2.45, 2.75) is 52.2 Å². The van der Waals surface area contributed by atoms with Crippen molar-refractivity contribution >= 4 is 5.91 Å². The molecule has 0 aromatic rings. The summed E-state index contributed by atoms with van der Waals surface area (Å²) in [4.78, 5) is 14.1. The molecule has 0 saturated carbocycles. The van der Waals surface area contributed by atoms with Gasteiger partial charge in [0.1, 0.15) is 0 Å². The number of piperidine rings is 1. The number of hydrogen-bond acceptors (Lipinski definition) is 4. The van der Waals surface area contributed by atoms with E-state index in [2.05, 4.69) is 10.2 Å². The predicted molar refractivity (Wildman–Crippen MR) is 76.7 cm³/mol. The van der Waals surface area contributed by atoms with Crippen LogP contribution in [-0.4, -0.2) is 54.2 Å². The summed E-state index contributed by atoms with van der Waals surface area (Å²) in [5, 5.41) is 12.3. The fourth-order valence-electron chi connectivity index (χ4n) is 2.16. The first-order valence-electron chi connectivity index (χ1n) is 7.24. The Hall–Kier alpha value is -0.650. The van der Waals surface area contributed by atoms with E-state index in [1.165, 1.54) is 0 Å². The molecule has 1 saturated heterocycles. The van der Waals surface area contributed by atoms with Crippen LogP contribution in [0.4, 0.5) is 0 Å². The van der Waals surface area contributed by atoms with Crippen LogP contribution in [0, 0.1) is 5.41 Å². The van der Waals surface area contributed by atoms with Gasteiger partial charge in [0.2, 0.25) is 5.91 Å². The van der Waals surface area contributed by atoms with E-state index in [0.29, 0.717) is 6.54 Å². The highest BCUT2D eigenvalue weighted by Gasteiger charge is 2.27. The first-order chi connectivity index (χ1) is 8.80. The van der Waals surface area contributed by atoms with Crippen LogP contribution in [0.1, 0.15) is 40.0 Å². The van der Waals surface area contributed by atoms with Gasteiger partial charge in [-0.15, -0.1) is 0 Å². The molecule has 1 fully saturated rings. The largest absolute Gasteiger partial charge is 0.393 e. The molecule has 1 atom stereocenters. The lowest BCUT2D eigenvalue weighted by molar-refractivity contribution is -0.124. The minimum atomic E-state index is -0.461. The summed E-state index contributed by atoms with van der Waals surface area (Å²) in [6.07, 6.45) is 2.53. The molecule has 1 heterocycles. The maximum Gasteiger partial charge on any atom is 0.237 e. The molecule has 0 aromatic carbocycles. The molecule has 5 nitrogen and oxygen atoms in total. The number of likely N-dealkylation sites (tertiary alicyclic amines) is 1. The normalized spacial score (nSPS) is 20.3. The van der Waals surface area contributed by atoms with Gasteiger partial charge in [0.25, 0.3) is 0 Å². The van der Waals surface area contributed by atoms with E-state index >= 15 is 0 Å². The maximum absolute atomic E-state index is 11.8. The van der Waals surface area contributed by atoms with Gasteiger partial charge < -0.3 is 21.1 Å². The minimum Gasteiger partial charge on any atom is -0.393 e. The van der Waals surface area contributed by atoms with Gasteiger partial charge in [0.15, 0.2) is 0 Å². The monoisotopic (exact) mass is 271 g/mol. The van der Waals surface area contributed by atoms with Crippen molar-refractivity contribution in [1.29, 1.82) is 0 Å². The Labute approximate surface area is 116 Å². The molecular formula is C14H29N3O2. The number of carbonyl (C=O) groups is 1. The van der Waals surface area contributed by atoms with Crippen molar-refractivity contribution in [3.05, 3.63) is 0 Å². The summed E-state index contributed by atoms with van der Waals surface area (Å²) in [7, 11) is 0. The second-order valence-corrected chi connectivity index (χ2v) is 6.56. The summed E-state index contributed by atoms with van der Waals surface area (Å²) in [5.41, 5.74) is 5.68. The Kier molecular flexibility index (Phi) is 6.23. The van der Waals surface area contributed by atoms with Crippen molar-refractivity contribution in [2.75, 3.05) is 26.2 Å². The number of hydrogen-bond donors (Lipinski definition) is 3. The van der Waals surface area contributed by atoms with Crippen LogP contribution in [0.3, 0.4) is 0 Å². The second kappa shape index (κ2) is 7.22. The van der Waals surface area contributed by atoms with Gasteiger partial charge >= 0.3 is 0 Å². The first kappa shape index (κ1) is 16.4. The zero-order chi connectivity index (χ0) is 14.5. The molecule has 112 valence electrons. The lowest BCUT2D eigenvalue weighted by Gasteiger charge is -2.29. The Morgan fingerprint density at radius 3 is 2.53 bits per heavy atom. The molecule has 1 aliphatic rings. The fraction of sp³-hybridized carbons (Fsp3) is 0.929. The number of nitrogens with one attached hydrogen (secondary N) is 1. The van der Waals surface area contributed by atoms with Crippen molar-refractivity contribution < 1.29 is 9.90 Å².